The minimum absolute atomic E-state index is 0.490. The molecule has 0 amide bonds. The SMILES string of the molecule is COC1(CS(=O)(=O)F)CCCC1. The molecule has 0 aromatic heterocycles. The molecular formula is C7H13FO3S. The van der Waals surface area contributed by atoms with Crippen LogP contribution in [0.4, 0.5) is 3.89 Å². The zero-order valence-corrected chi connectivity index (χ0v) is 7.86. The van der Waals surface area contributed by atoms with Gasteiger partial charge in [-0.1, -0.05) is 12.8 Å². The van der Waals surface area contributed by atoms with Crippen LogP contribution in [-0.4, -0.2) is 26.9 Å². The maximum atomic E-state index is 12.4. The average molecular weight is 196 g/mol. The van der Waals surface area contributed by atoms with Gasteiger partial charge in [0.05, 0.1) is 5.60 Å². The molecule has 0 aliphatic heterocycles. The summed E-state index contributed by atoms with van der Waals surface area (Å²) in [6, 6.07) is 0. The fourth-order valence-corrected chi connectivity index (χ4v) is 2.78. The van der Waals surface area contributed by atoms with Crippen LogP contribution in [0.5, 0.6) is 0 Å². The number of halogens is 1. The Morgan fingerprint density at radius 2 is 1.92 bits per heavy atom. The van der Waals surface area contributed by atoms with E-state index in [2.05, 4.69) is 0 Å². The van der Waals surface area contributed by atoms with Gasteiger partial charge in [0.2, 0.25) is 0 Å². The van der Waals surface area contributed by atoms with Crippen molar-refractivity contribution >= 4 is 10.2 Å². The molecule has 1 aliphatic carbocycles. The van der Waals surface area contributed by atoms with Gasteiger partial charge >= 0.3 is 10.2 Å². The highest BCUT2D eigenvalue weighted by molar-refractivity contribution is 7.86. The van der Waals surface area contributed by atoms with Crippen LogP contribution in [0.1, 0.15) is 25.7 Å². The van der Waals surface area contributed by atoms with Gasteiger partial charge in [-0.25, -0.2) is 0 Å². The largest absolute Gasteiger partial charge is 0.377 e. The Labute approximate surface area is 72.1 Å². The molecule has 12 heavy (non-hydrogen) atoms. The molecule has 0 N–H and O–H groups in total. The van der Waals surface area contributed by atoms with Crippen molar-refractivity contribution in [2.45, 2.75) is 31.3 Å². The Morgan fingerprint density at radius 1 is 1.42 bits per heavy atom. The lowest BCUT2D eigenvalue weighted by Gasteiger charge is -2.24. The molecule has 1 rings (SSSR count). The summed E-state index contributed by atoms with van der Waals surface area (Å²) in [5, 5.41) is 0. The Kier molecular flexibility index (Phi) is 2.73. The molecule has 0 heterocycles. The van der Waals surface area contributed by atoms with Gasteiger partial charge < -0.3 is 4.74 Å². The van der Waals surface area contributed by atoms with Crippen molar-refractivity contribution in [3.63, 3.8) is 0 Å². The van der Waals surface area contributed by atoms with Crippen molar-refractivity contribution in [3.05, 3.63) is 0 Å². The summed E-state index contributed by atoms with van der Waals surface area (Å²) < 4.78 is 38.2. The molecule has 0 unspecified atom stereocenters. The van der Waals surface area contributed by atoms with E-state index in [4.69, 9.17) is 4.74 Å². The second-order valence-corrected chi connectivity index (χ2v) is 4.64. The van der Waals surface area contributed by atoms with Crippen molar-refractivity contribution in [3.8, 4) is 0 Å². The second-order valence-electron chi connectivity index (χ2n) is 3.28. The van der Waals surface area contributed by atoms with Crippen molar-refractivity contribution in [2.24, 2.45) is 0 Å². The molecule has 0 atom stereocenters. The quantitative estimate of drug-likeness (QED) is 0.638. The Morgan fingerprint density at radius 3 is 2.25 bits per heavy atom. The second kappa shape index (κ2) is 3.30. The molecule has 0 aromatic rings. The maximum absolute atomic E-state index is 12.4. The molecule has 0 saturated heterocycles. The zero-order valence-electron chi connectivity index (χ0n) is 7.05. The lowest BCUT2D eigenvalue weighted by Crippen LogP contribution is -2.34. The van der Waals surface area contributed by atoms with Crippen LogP contribution in [0.3, 0.4) is 0 Å². The van der Waals surface area contributed by atoms with Crippen molar-refractivity contribution in [1.82, 2.24) is 0 Å². The lowest BCUT2D eigenvalue weighted by molar-refractivity contribution is 0.0149. The first kappa shape index (κ1) is 9.92. The molecule has 3 nitrogen and oxygen atoms in total. The van der Waals surface area contributed by atoms with Crippen molar-refractivity contribution < 1.29 is 17.0 Å². The minimum atomic E-state index is -4.40. The Bertz CT molecular complexity index is 241. The van der Waals surface area contributed by atoms with Gasteiger partial charge in [-0.2, -0.15) is 8.42 Å². The molecule has 72 valence electrons. The fraction of sp³-hybridized carbons (Fsp3) is 1.00. The number of hydrogen-bond acceptors (Lipinski definition) is 3. The molecule has 0 aromatic carbocycles. The van der Waals surface area contributed by atoms with E-state index in [1.54, 1.807) is 0 Å². The highest BCUT2D eigenvalue weighted by Gasteiger charge is 2.38. The van der Waals surface area contributed by atoms with Crippen LogP contribution >= 0.6 is 0 Å². The van der Waals surface area contributed by atoms with Gasteiger partial charge in [-0.15, -0.1) is 3.89 Å². The summed E-state index contributed by atoms with van der Waals surface area (Å²) in [5.41, 5.74) is -0.742. The predicted molar refractivity (Wildman–Crippen MR) is 43.1 cm³/mol. The molecule has 1 fully saturated rings. The first-order valence-corrected chi connectivity index (χ1v) is 5.50. The van der Waals surface area contributed by atoms with Gasteiger partial charge in [0.15, 0.2) is 0 Å². The van der Waals surface area contributed by atoms with Crippen molar-refractivity contribution in [2.75, 3.05) is 12.9 Å². The van der Waals surface area contributed by atoms with Crippen LogP contribution in [0.15, 0.2) is 0 Å². The topological polar surface area (TPSA) is 43.4 Å². The van der Waals surface area contributed by atoms with Crippen LogP contribution < -0.4 is 0 Å². The third-order valence-corrected chi connectivity index (χ3v) is 3.25. The van der Waals surface area contributed by atoms with Gasteiger partial charge in [-0.3, -0.25) is 0 Å². The highest BCUT2D eigenvalue weighted by atomic mass is 32.3. The third kappa shape index (κ3) is 2.42. The molecule has 1 aliphatic rings. The molecule has 0 bridgehead atoms. The summed E-state index contributed by atoms with van der Waals surface area (Å²) in [4.78, 5) is 0. The van der Waals surface area contributed by atoms with Gasteiger partial charge in [-0.05, 0) is 12.8 Å². The van der Waals surface area contributed by atoms with Gasteiger partial charge in [0.1, 0.15) is 5.75 Å². The maximum Gasteiger partial charge on any atom is 0.305 e. The predicted octanol–water partition coefficient (Wildman–Crippen LogP) is 1.24. The van der Waals surface area contributed by atoms with E-state index < -0.39 is 21.6 Å². The number of hydrogen-bond donors (Lipinski definition) is 0. The molecule has 0 radical (unpaired) electrons. The third-order valence-electron chi connectivity index (χ3n) is 2.38. The first-order valence-electron chi connectivity index (χ1n) is 3.95. The highest BCUT2D eigenvalue weighted by Crippen LogP contribution is 2.34. The summed E-state index contributed by atoms with van der Waals surface area (Å²) in [5.74, 6) is -0.490. The van der Waals surface area contributed by atoms with E-state index in [-0.39, 0.29) is 0 Å². The van der Waals surface area contributed by atoms with Gasteiger partial charge in [0, 0.05) is 7.11 Å². The monoisotopic (exact) mass is 196 g/mol. The van der Waals surface area contributed by atoms with E-state index in [9.17, 15) is 12.3 Å². The number of ether oxygens (including phenoxy) is 1. The smallest absolute Gasteiger partial charge is 0.305 e. The summed E-state index contributed by atoms with van der Waals surface area (Å²) >= 11 is 0. The minimum Gasteiger partial charge on any atom is -0.377 e. The molecule has 0 spiro atoms. The van der Waals surface area contributed by atoms with E-state index in [1.807, 2.05) is 0 Å². The summed E-state index contributed by atoms with van der Waals surface area (Å²) in [6.07, 6.45) is 3.13. The van der Waals surface area contributed by atoms with E-state index in [1.165, 1.54) is 7.11 Å². The van der Waals surface area contributed by atoms with E-state index in [0.717, 1.165) is 12.8 Å². The van der Waals surface area contributed by atoms with Crippen molar-refractivity contribution in [1.29, 1.82) is 0 Å². The van der Waals surface area contributed by atoms with Crippen LogP contribution in [0, 0.1) is 0 Å². The van der Waals surface area contributed by atoms with Gasteiger partial charge in [0.25, 0.3) is 0 Å². The standard InChI is InChI=1S/C7H13FO3S/c1-11-7(4-2-3-5-7)6-12(8,9)10/h2-6H2,1H3. The number of methoxy groups -OCH3 is 1. The average Bonchev–Trinajstić information content (AvgIpc) is 2.34. The van der Waals surface area contributed by atoms with E-state index in [0.29, 0.717) is 12.8 Å². The molecule has 5 heteroatoms. The Balaban J connectivity index is 2.68. The molecular weight excluding hydrogens is 183 g/mol. The lowest BCUT2D eigenvalue weighted by atomic mass is 10.1. The van der Waals surface area contributed by atoms with E-state index >= 15 is 0 Å². The number of rotatable bonds is 3. The Hall–Kier alpha value is -0.160. The van der Waals surface area contributed by atoms with Crippen LogP contribution in [-0.2, 0) is 15.0 Å². The zero-order chi connectivity index (χ0) is 9.24. The first-order chi connectivity index (χ1) is 5.47. The summed E-state index contributed by atoms with van der Waals surface area (Å²) in [6.45, 7) is 0. The van der Waals surface area contributed by atoms with Crippen LogP contribution in [0.25, 0.3) is 0 Å². The summed E-state index contributed by atoms with van der Waals surface area (Å²) in [7, 11) is -2.96. The fourth-order valence-electron chi connectivity index (χ4n) is 1.74. The van der Waals surface area contributed by atoms with Crippen LogP contribution in [0.2, 0.25) is 0 Å². The normalized spacial score (nSPS) is 22.8. The molecule has 1 saturated carbocycles.